The topological polar surface area (TPSA) is 111 Å². The number of hydrogen-bond acceptors (Lipinski definition) is 7. The van der Waals surface area contributed by atoms with Crippen molar-refractivity contribution in [1.82, 2.24) is 5.32 Å². The van der Waals surface area contributed by atoms with E-state index in [0.29, 0.717) is 16.1 Å². The van der Waals surface area contributed by atoms with E-state index in [-0.39, 0.29) is 13.2 Å². The molecular formula is C20H22N2O6S. The Balaban J connectivity index is 1.85. The van der Waals surface area contributed by atoms with E-state index in [4.69, 9.17) is 9.47 Å². The van der Waals surface area contributed by atoms with Gasteiger partial charge in [-0.3, -0.25) is 14.4 Å². The fraction of sp³-hybridized carbons (Fsp3) is 0.300. The van der Waals surface area contributed by atoms with Crippen LogP contribution in [-0.4, -0.2) is 43.5 Å². The van der Waals surface area contributed by atoms with Crippen LogP contribution >= 0.6 is 11.3 Å². The molecule has 2 N–H and O–H groups in total. The zero-order valence-electron chi connectivity index (χ0n) is 16.4. The van der Waals surface area contributed by atoms with Crippen molar-refractivity contribution in [3.8, 4) is 0 Å². The number of rotatable bonds is 8. The van der Waals surface area contributed by atoms with Crippen LogP contribution in [-0.2, 0) is 19.1 Å². The van der Waals surface area contributed by atoms with Crippen molar-refractivity contribution in [2.24, 2.45) is 0 Å². The van der Waals surface area contributed by atoms with E-state index >= 15 is 0 Å². The molecule has 0 spiro atoms. The molecule has 0 saturated heterocycles. The van der Waals surface area contributed by atoms with Gasteiger partial charge in [0.2, 0.25) is 0 Å². The molecule has 1 aromatic carbocycles. The Kier molecular flexibility index (Phi) is 7.90. The normalized spacial score (nSPS) is 10.2. The van der Waals surface area contributed by atoms with E-state index < -0.39 is 30.4 Å². The number of carbonyl (C=O) groups excluding carboxylic acids is 4. The van der Waals surface area contributed by atoms with Gasteiger partial charge in [0.15, 0.2) is 6.61 Å². The number of aryl methyl sites for hydroxylation is 1. The number of anilines is 1. The quantitative estimate of drug-likeness (QED) is 0.637. The summed E-state index contributed by atoms with van der Waals surface area (Å²) in [5, 5.41) is 5.33. The summed E-state index contributed by atoms with van der Waals surface area (Å²) in [6.45, 7) is 4.59. The number of amides is 2. The molecule has 2 rings (SSSR count). The summed E-state index contributed by atoms with van der Waals surface area (Å²) in [6, 6.07) is 8.40. The van der Waals surface area contributed by atoms with Gasteiger partial charge >= 0.3 is 11.9 Å². The van der Waals surface area contributed by atoms with Gasteiger partial charge in [0.25, 0.3) is 11.8 Å². The summed E-state index contributed by atoms with van der Waals surface area (Å²) in [5.41, 5.74) is 1.43. The Morgan fingerprint density at radius 2 is 1.72 bits per heavy atom. The molecule has 0 fully saturated rings. The summed E-state index contributed by atoms with van der Waals surface area (Å²) in [6.07, 6.45) is 0. The van der Waals surface area contributed by atoms with Gasteiger partial charge in [-0.25, -0.2) is 4.79 Å². The molecule has 0 atom stereocenters. The van der Waals surface area contributed by atoms with Crippen LogP contribution < -0.4 is 10.6 Å². The molecule has 0 aliphatic rings. The molecule has 29 heavy (non-hydrogen) atoms. The van der Waals surface area contributed by atoms with Gasteiger partial charge in [-0.05, 0) is 38.5 Å². The third-order valence-corrected chi connectivity index (χ3v) is 5.03. The maximum atomic E-state index is 12.1. The lowest BCUT2D eigenvalue weighted by molar-refractivity contribution is -0.146. The van der Waals surface area contributed by atoms with Crippen molar-refractivity contribution >= 4 is 40.1 Å². The number of carbonyl (C=O) groups is 4. The number of ether oxygens (including phenoxy) is 2. The van der Waals surface area contributed by atoms with E-state index in [2.05, 4.69) is 10.6 Å². The second-order valence-corrected chi connectivity index (χ2v) is 7.19. The monoisotopic (exact) mass is 418 g/mol. The van der Waals surface area contributed by atoms with Crippen LogP contribution in [0.15, 0.2) is 30.3 Å². The molecule has 0 radical (unpaired) electrons. The smallest absolute Gasteiger partial charge is 0.341 e. The Morgan fingerprint density at radius 1 is 1.03 bits per heavy atom. The maximum Gasteiger partial charge on any atom is 0.341 e. The van der Waals surface area contributed by atoms with Gasteiger partial charge in [0.1, 0.15) is 11.5 Å². The molecule has 0 saturated carbocycles. The summed E-state index contributed by atoms with van der Waals surface area (Å²) in [7, 11) is 0. The molecule has 8 nitrogen and oxygen atoms in total. The van der Waals surface area contributed by atoms with Gasteiger partial charge in [-0.2, -0.15) is 0 Å². The average molecular weight is 418 g/mol. The summed E-state index contributed by atoms with van der Waals surface area (Å²) < 4.78 is 9.89. The molecule has 2 amide bonds. The fourth-order valence-corrected chi connectivity index (χ4v) is 3.43. The molecule has 1 heterocycles. The second kappa shape index (κ2) is 10.4. The van der Waals surface area contributed by atoms with Crippen molar-refractivity contribution < 1.29 is 28.7 Å². The number of thiophene rings is 1. The van der Waals surface area contributed by atoms with E-state index in [1.807, 2.05) is 6.92 Å². The van der Waals surface area contributed by atoms with Crippen LogP contribution in [0.5, 0.6) is 0 Å². The highest BCUT2D eigenvalue weighted by Crippen LogP contribution is 2.32. The molecule has 0 bridgehead atoms. The highest BCUT2D eigenvalue weighted by molar-refractivity contribution is 7.16. The minimum absolute atomic E-state index is 0.215. The van der Waals surface area contributed by atoms with Crippen LogP contribution in [0, 0.1) is 13.8 Å². The van der Waals surface area contributed by atoms with Gasteiger partial charge in [-0.1, -0.05) is 18.2 Å². The SMILES string of the molecule is CCOC(=O)c1c(NC(=O)COC(=O)CNC(=O)c2ccccc2)sc(C)c1C. The second-order valence-electron chi connectivity index (χ2n) is 5.97. The van der Waals surface area contributed by atoms with E-state index in [0.717, 1.165) is 10.4 Å². The Labute approximate surface area is 172 Å². The lowest BCUT2D eigenvalue weighted by Crippen LogP contribution is -2.32. The van der Waals surface area contributed by atoms with Crippen LogP contribution in [0.2, 0.25) is 0 Å². The van der Waals surface area contributed by atoms with Crippen molar-refractivity contribution in [1.29, 1.82) is 0 Å². The first kappa shape index (κ1) is 22.1. The molecule has 0 aliphatic heterocycles. The molecule has 154 valence electrons. The number of hydrogen-bond donors (Lipinski definition) is 2. The van der Waals surface area contributed by atoms with Crippen molar-refractivity contribution in [2.45, 2.75) is 20.8 Å². The minimum atomic E-state index is -0.756. The lowest BCUT2D eigenvalue weighted by Gasteiger charge is -2.08. The van der Waals surface area contributed by atoms with Crippen molar-refractivity contribution in [3.05, 3.63) is 51.9 Å². The standard InChI is InChI=1S/C20H22N2O6S/c1-4-27-20(26)17-12(2)13(3)29-19(17)22-15(23)11-28-16(24)10-21-18(25)14-8-6-5-7-9-14/h5-9H,4,10-11H2,1-3H3,(H,21,25)(H,22,23). The van der Waals surface area contributed by atoms with Gasteiger partial charge < -0.3 is 20.1 Å². The first-order valence-electron chi connectivity index (χ1n) is 8.89. The van der Waals surface area contributed by atoms with Crippen LogP contribution in [0.1, 0.15) is 38.1 Å². The van der Waals surface area contributed by atoms with E-state index in [1.165, 1.54) is 11.3 Å². The minimum Gasteiger partial charge on any atom is -0.462 e. The number of nitrogens with one attached hydrogen (secondary N) is 2. The third kappa shape index (κ3) is 6.15. The molecule has 0 aliphatic carbocycles. The largest absolute Gasteiger partial charge is 0.462 e. The van der Waals surface area contributed by atoms with Crippen molar-refractivity contribution in [2.75, 3.05) is 25.1 Å². The number of benzene rings is 1. The maximum absolute atomic E-state index is 12.1. The van der Waals surface area contributed by atoms with Gasteiger partial charge in [0.05, 0.1) is 12.2 Å². The Bertz CT molecular complexity index is 907. The Morgan fingerprint density at radius 3 is 2.38 bits per heavy atom. The predicted molar refractivity (Wildman–Crippen MR) is 108 cm³/mol. The molecular weight excluding hydrogens is 396 g/mol. The Hall–Kier alpha value is -3.20. The molecule has 1 aromatic heterocycles. The van der Waals surface area contributed by atoms with Crippen LogP contribution in [0.4, 0.5) is 5.00 Å². The fourth-order valence-electron chi connectivity index (χ4n) is 2.37. The molecule has 2 aromatic rings. The predicted octanol–water partition coefficient (Wildman–Crippen LogP) is 2.45. The summed E-state index contributed by atoms with van der Waals surface area (Å²) in [4.78, 5) is 48.7. The first-order chi connectivity index (χ1) is 13.8. The summed E-state index contributed by atoms with van der Waals surface area (Å²) >= 11 is 1.24. The van der Waals surface area contributed by atoms with Crippen LogP contribution in [0.3, 0.4) is 0 Å². The van der Waals surface area contributed by atoms with Gasteiger partial charge in [0, 0.05) is 10.4 Å². The average Bonchev–Trinajstić information content (AvgIpc) is 2.98. The molecule has 9 heteroatoms. The van der Waals surface area contributed by atoms with Gasteiger partial charge in [-0.15, -0.1) is 11.3 Å². The highest BCUT2D eigenvalue weighted by atomic mass is 32.1. The summed E-state index contributed by atoms with van der Waals surface area (Å²) in [5.74, 6) is -2.30. The van der Waals surface area contributed by atoms with Crippen molar-refractivity contribution in [3.63, 3.8) is 0 Å². The highest BCUT2D eigenvalue weighted by Gasteiger charge is 2.22. The van der Waals surface area contributed by atoms with E-state index in [1.54, 1.807) is 44.2 Å². The zero-order chi connectivity index (χ0) is 21.4. The lowest BCUT2D eigenvalue weighted by atomic mass is 10.1. The molecule has 0 unspecified atom stereocenters. The van der Waals surface area contributed by atoms with E-state index in [9.17, 15) is 19.2 Å². The zero-order valence-corrected chi connectivity index (χ0v) is 17.2. The first-order valence-corrected chi connectivity index (χ1v) is 9.71. The van der Waals surface area contributed by atoms with Crippen LogP contribution in [0.25, 0.3) is 0 Å². The third-order valence-electron chi connectivity index (χ3n) is 3.91. The number of esters is 2.